The number of carboxylic acid groups (broad SMARTS) is 1. The van der Waals surface area contributed by atoms with Crippen molar-refractivity contribution in [3.05, 3.63) is 33.8 Å². The molecule has 174 valence electrons. The van der Waals surface area contributed by atoms with Crippen LogP contribution in [-0.4, -0.2) is 62.5 Å². The number of amides is 2. The summed E-state index contributed by atoms with van der Waals surface area (Å²) in [6.45, 7) is 4.72. The lowest BCUT2D eigenvalue weighted by Gasteiger charge is -2.33. The van der Waals surface area contributed by atoms with Crippen LogP contribution >= 0.6 is 23.2 Å². The topological polar surface area (TPSA) is 134 Å². The molecule has 13 heteroatoms. The molecule has 0 aromatic heterocycles. The van der Waals surface area contributed by atoms with Crippen LogP contribution in [0.5, 0.6) is 0 Å². The van der Waals surface area contributed by atoms with Gasteiger partial charge in [-0.15, -0.1) is 0 Å². The van der Waals surface area contributed by atoms with Crippen molar-refractivity contribution in [2.45, 2.75) is 38.4 Å². The van der Waals surface area contributed by atoms with Crippen LogP contribution in [0.15, 0.2) is 18.2 Å². The van der Waals surface area contributed by atoms with E-state index >= 15 is 0 Å². The van der Waals surface area contributed by atoms with E-state index in [1.54, 1.807) is 31.6 Å². The van der Waals surface area contributed by atoms with Crippen molar-refractivity contribution in [3.63, 3.8) is 0 Å². The van der Waals surface area contributed by atoms with Gasteiger partial charge in [0.05, 0.1) is 16.7 Å². The number of carbonyl (C=O) groups excluding carboxylic acids is 1. The molecular weight excluding hydrogens is 473 g/mol. The highest BCUT2D eigenvalue weighted by atomic mass is 35.5. The first-order valence-electron chi connectivity index (χ1n) is 9.31. The summed E-state index contributed by atoms with van der Waals surface area (Å²) in [5.41, 5.74) is -1.62. The maximum Gasteiger partial charge on any atom is 0.422 e. The second kappa shape index (κ2) is 9.78. The molecule has 1 aliphatic rings. The van der Waals surface area contributed by atoms with E-state index in [2.05, 4.69) is 4.72 Å². The average molecular weight is 498 g/mol. The standard InChI is InChI=1S/C18H25Cl2N3O7S/c1-17(2,3)30-15(24)22-31(27,28)21-11-18(12-4-5-13(19)14(20)10-12)6-7-23(16(25)26)8-9-29-18/h4-5,10,21H,6-9,11H2,1-3H3,(H,22,24)(H,25,26). The zero-order valence-corrected chi connectivity index (χ0v) is 19.6. The van der Waals surface area contributed by atoms with Crippen molar-refractivity contribution in [2.75, 3.05) is 26.2 Å². The number of halogens is 2. The Labute approximate surface area is 191 Å². The Hall–Kier alpha value is -1.79. The summed E-state index contributed by atoms with van der Waals surface area (Å²) in [6, 6.07) is 4.70. The van der Waals surface area contributed by atoms with Gasteiger partial charge in [-0.1, -0.05) is 29.3 Å². The molecule has 31 heavy (non-hydrogen) atoms. The Morgan fingerprint density at radius 1 is 1.26 bits per heavy atom. The fourth-order valence-electron chi connectivity index (χ4n) is 2.95. The average Bonchev–Trinajstić information content (AvgIpc) is 2.84. The van der Waals surface area contributed by atoms with E-state index in [0.29, 0.717) is 10.6 Å². The number of hydrogen-bond donors (Lipinski definition) is 3. The van der Waals surface area contributed by atoms with Gasteiger partial charge in [-0.25, -0.2) is 14.3 Å². The summed E-state index contributed by atoms with van der Waals surface area (Å²) in [4.78, 5) is 24.4. The number of hydrogen-bond acceptors (Lipinski definition) is 6. The van der Waals surface area contributed by atoms with Crippen LogP contribution in [0, 0.1) is 0 Å². The zero-order chi connectivity index (χ0) is 23.4. The van der Waals surface area contributed by atoms with Gasteiger partial charge in [-0.05, 0) is 44.9 Å². The van der Waals surface area contributed by atoms with Crippen LogP contribution in [0.1, 0.15) is 32.8 Å². The minimum absolute atomic E-state index is 0.0216. The van der Waals surface area contributed by atoms with Crippen LogP contribution in [0.4, 0.5) is 9.59 Å². The molecule has 2 rings (SSSR count). The molecule has 1 atom stereocenters. The molecule has 1 heterocycles. The van der Waals surface area contributed by atoms with Crippen molar-refractivity contribution in [1.29, 1.82) is 0 Å². The summed E-state index contributed by atoms with van der Waals surface area (Å²) >= 11 is 12.1. The van der Waals surface area contributed by atoms with Gasteiger partial charge in [0.2, 0.25) is 0 Å². The Morgan fingerprint density at radius 3 is 2.52 bits per heavy atom. The van der Waals surface area contributed by atoms with E-state index < -0.39 is 33.6 Å². The smallest absolute Gasteiger partial charge is 0.422 e. The van der Waals surface area contributed by atoms with E-state index in [0.717, 1.165) is 0 Å². The maximum absolute atomic E-state index is 12.4. The summed E-state index contributed by atoms with van der Waals surface area (Å²) in [5, 5.41) is 9.83. The molecular formula is C18H25Cl2N3O7S. The summed E-state index contributed by atoms with van der Waals surface area (Å²) in [7, 11) is -4.30. The van der Waals surface area contributed by atoms with Crippen molar-refractivity contribution in [3.8, 4) is 0 Å². The number of nitrogens with one attached hydrogen (secondary N) is 2. The number of nitrogens with zero attached hydrogens (tertiary/aromatic N) is 1. The molecule has 0 radical (unpaired) electrons. The third-order valence-electron chi connectivity index (χ3n) is 4.41. The highest BCUT2D eigenvalue weighted by Crippen LogP contribution is 2.35. The summed E-state index contributed by atoms with van der Waals surface area (Å²) in [6.07, 6.45) is -2.12. The van der Waals surface area contributed by atoms with E-state index in [-0.39, 0.29) is 37.7 Å². The van der Waals surface area contributed by atoms with Crippen LogP contribution in [0.3, 0.4) is 0 Å². The van der Waals surface area contributed by atoms with Crippen LogP contribution in [0.2, 0.25) is 10.0 Å². The molecule has 1 unspecified atom stereocenters. The Morgan fingerprint density at radius 2 is 1.94 bits per heavy atom. The van der Waals surface area contributed by atoms with Gasteiger partial charge in [-0.3, -0.25) is 0 Å². The SMILES string of the molecule is CC(C)(C)OC(=O)NS(=O)(=O)NCC1(c2ccc(Cl)c(Cl)c2)CCN(C(=O)O)CCO1. The first-order valence-corrected chi connectivity index (χ1v) is 11.5. The third kappa shape index (κ3) is 7.39. The van der Waals surface area contributed by atoms with Gasteiger partial charge < -0.3 is 19.5 Å². The Kier molecular flexibility index (Phi) is 8.04. The van der Waals surface area contributed by atoms with Gasteiger partial charge in [0.15, 0.2) is 0 Å². The second-order valence-electron chi connectivity index (χ2n) is 7.92. The normalized spacial score (nSPS) is 20.1. The molecule has 0 aliphatic carbocycles. The number of ether oxygens (including phenoxy) is 2. The van der Waals surface area contributed by atoms with Crippen LogP contribution < -0.4 is 9.44 Å². The van der Waals surface area contributed by atoms with Crippen LogP contribution in [0.25, 0.3) is 0 Å². The molecule has 3 N–H and O–H groups in total. The quantitative estimate of drug-likeness (QED) is 0.568. The zero-order valence-electron chi connectivity index (χ0n) is 17.3. The van der Waals surface area contributed by atoms with E-state index in [4.69, 9.17) is 32.7 Å². The fraction of sp³-hybridized carbons (Fsp3) is 0.556. The molecule has 1 aromatic rings. The maximum atomic E-state index is 12.4. The summed E-state index contributed by atoms with van der Waals surface area (Å²) in [5.74, 6) is 0. The molecule has 1 aromatic carbocycles. The minimum atomic E-state index is -4.30. The van der Waals surface area contributed by atoms with Crippen molar-refractivity contribution < 1.29 is 32.6 Å². The molecule has 10 nitrogen and oxygen atoms in total. The molecule has 1 saturated heterocycles. The van der Waals surface area contributed by atoms with E-state index in [9.17, 15) is 23.1 Å². The third-order valence-corrected chi connectivity index (χ3v) is 6.10. The van der Waals surface area contributed by atoms with E-state index in [1.165, 1.54) is 17.0 Å². The van der Waals surface area contributed by atoms with Gasteiger partial charge in [0.1, 0.15) is 11.2 Å². The molecule has 1 fully saturated rings. The lowest BCUT2D eigenvalue weighted by atomic mass is 9.90. The molecule has 1 aliphatic heterocycles. The first-order chi connectivity index (χ1) is 14.2. The Balaban J connectivity index is 2.26. The summed E-state index contributed by atoms with van der Waals surface area (Å²) < 4.78 is 39.8. The van der Waals surface area contributed by atoms with Crippen molar-refractivity contribution in [2.24, 2.45) is 0 Å². The molecule has 0 spiro atoms. The lowest BCUT2D eigenvalue weighted by Crippen LogP contribution is -2.49. The van der Waals surface area contributed by atoms with Crippen molar-refractivity contribution >= 4 is 45.6 Å². The predicted molar refractivity (Wildman–Crippen MR) is 115 cm³/mol. The number of carbonyl (C=O) groups is 2. The monoisotopic (exact) mass is 497 g/mol. The fourth-order valence-corrected chi connectivity index (χ4v) is 4.00. The van der Waals surface area contributed by atoms with Crippen molar-refractivity contribution in [1.82, 2.24) is 14.3 Å². The van der Waals surface area contributed by atoms with E-state index in [1.807, 2.05) is 0 Å². The number of rotatable bonds is 5. The largest absolute Gasteiger partial charge is 0.465 e. The van der Waals surface area contributed by atoms with Gasteiger partial charge >= 0.3 is 22.4 Å². The highest BCUT2D eigenvalue weighted by molar-refractivity contribution is 7.88. The lowest BCUT2D eigenvalue weighted by molar-refractivity contribution is -0.0386. The van der Waals surface area contributed by atoms with Gasteiger partial charge in [0.25, 0.3) is 0 Å². The first kappa shape index (κ1) is 25.5. The molecule has 2 amide bonds. The predicted octanol–water partition coefficient (Wildman–Crippen LogP) is 2.95. The number of benzene rings is 1. The second-order valence-corrected chi connectivity index (χ2v) is 10.2. The molecule has 0 saturated carbocycles. The van der Waals surface area contributed by atoms with Gasteiger partial charge in [0, 0.05) is 19.6 Å². The Bertz CT molecular complexity index is 937. The highest BCUT2D eigenvalue weighted by Gasteiger charge is 2.38. The minimum Gasteiger partial charge on any atom is -0.465 e. The molecule has 0 bridgehead atoms. The van der Waals surface area contributed by atoms with Crippen LogP contribution in [-0.2, 0) is 25.3 Å². The van der Waals surface area contributed by atoms with Gasteiger partial charge in [-0.2, -0.15) is 13.1 Å².